The van der Waals surface area contributed by atoms with Crippen LogP contribution in [0, 0.1) is 0 Å². The van der Waals surface area contributed by atoms with Crippen LogP contribution in [0.15, 0.2) is 276 Å². The fourth-order valence-corrected chi connectivity index (χ4v) is 18.8. The quantitative estimate of drug-likeness (QED) is 0.130. The van der Waals surface area contributed by atoms with Crippen LogP contribution in [0.3, 0.4) is 0 Å². The minimum Gasteiger partial charge on any atom is -0.455 e. The summed E-state index contributed by atoms with van der Waals surface area (Å²) >= 11 is 0. The second-order valence-corrected chi connectivity index (χ2v) is 26.3. The van der Waals surface area contributed by atoms with E-state index in [0.29, 0.717) is 0 Å². The summed E-state index contributed by atoms with van der Waals surface area (Å²) in [6.45, 7) is 0.0896. The van der Waals surface area contributed by atoms with Crippen LogP contribution in [0.25, 0.3) is 165 Å². The first kappa shape index (κ1) is 47.2. The zero-order valence-electron chi connectivity index (χ0n) is 49.3. The van der Waals surface area contributed by atoms with Gasteiger partial charge in [-0.1, -0.05) is 205 Å². The molecular formula is C86H44B2N2O2. The highest BCUT2D eigenvalue weighted by Gasteiger charge is 2.48. The van der Waals surface area contributed by atoms with Gasteiger partial charge in [0, 0.05) is 66.8 Å². The summed E-state index contributed by atoms with van der Waals surface area (Å²) < 4.78 is 13.2. The van der Waals surface area contributed by atoms with Gasteiger partial charge < -0.3 is 18.6 Å². The molecule has 0 saturated heterocycles. The third-order valence-electron chi connectivity index (χ3n) is 22.3. The van der Waals surface area contributed by atoms with Crippen LogP contribution in [0.4, 0.5) is 34.1 Å². The summed E-state index contributed by atoms with van der Waals surface area (Å²) in [5, 5.41) is 17.7. The molecule has 0 amide bonds. The van der Waals surface area contributed by atoms with Crippen molar-refractivity contribution in [3.8, 4) is 66.8 Å². The summed E-state index contributed by atoms with van der Waals surface area (Å²) in [4.78, 5) is 5.16. The van der Waals surface area contributed by atoms with Gasteiger partial charge in [0.15, 0.2) is 0 Å². The number of furan rings is 2. The first-order valence-corrected chi connectivity index (χ1v) is 32.2. The Morgan fingerprint density at radius 2 is 0.587 bits per heavy atom. The van der Waals surface area contributed by atoms with Gasteiger partial charge in [-0.25, -0.2) is 0 Å². The molecular weight excluding hydrogens is 1110 g/mol. The molecule has 4 nitrogen and oxygen atoms in total. The van der Waals surface area contributed by atoms with Crippen molar-refractivity contribution in [3.63, 3.8) is 0 Å². The molecule has 6 aliphatic rings. The lowest BCUT2D eigenvalue weighted by Crippen LogP contribution is -2.61. The fourth-order valence-electron chi connectivity index (χ4n) is 18.8. The lowest BCUT2D eigenvalue weighted by molar-refractivity contribution is 0.669. The summed E-state index contributed by atoms with van der Waals surface area (Å²) in [7, 11) is 0. The van der Waals surface area contributed by atoms with E-state index in [-0.39, 0.29) is 13.4 Å². The molecule has 8 heterocycles. The molecule has 0 unspecified atom stereocenters. The molecule has 0 atom stereocenters. The number of fused-ring (bicyclic) bond motifs is 13. The van der Waals surface area contributed by atoms with Gasteiger partial charge in [-0.05, 0) is 204 Å². The Labute approximate surface area is 527 Å². The molecule has 0 N–H and O–H groups in total. The minimum absolute atomic E-state index is 0.0448. The number of rotatable bonds is 4. The standard InChI is InChI=1S/C86H44B2N2O2/c1-3-25-73-53(13-1)63-23-7-15-51(85(63)91-73)45-27-33-49(34-28-45)89-69-39-31-47-11-5-17-55-59-19-9-21-61-67-43-66-58-38-42-72-84-78(58)68(44-65(66)57-37-41-71(89)83(77(57)67)87(79(59)61)81(69)75(47)55)62-22-10-20-60-56-18-6-12-48-32-40-70(82(76(48)56)88(84)80(60)62)90(72)50-35-29-46(30-36-50)52-16-8-24-64-54-14-2-4-26-74(54)92-86(52)64/h1-44H. The molecule has 0 bridgehead atoms. The van der Waals surface area contributed by atoms with Crippen molar-refractivity contribution in [1.29, 1.82) is 0 Å². The molecule has 0 aliphatic carbocycles. The lowest BCUT2D eigenvalue weighted by Gasteiger charge is -2.44. The zero-order valence-corrected chi connectivity index (χ0v) is 49.3. The van der Waals surface area contributed by atoms with Gasteiger partial charge in [-0.3, -0.25) is 0 Å². The normalized spacial score (nSPS) is 13.8. The maximum atomic E-state index is 6.60. The Hall–Kier alpha value is -11.9. The maximum absolute atomic E-state index is 6.60. The van der Waals surface area contributed by atoms with Crippen LogP contribution in [-0.2, 0) is 0 Å². The van der Waals surface area contributed by atoms with Crippen molar-refractivity contribution in [2.24, 2.45) is 0 Å². The molecule has 6 heteroatoms. The van der Waals surface area contributed by atoms with E-state index in [4.69, 9.17) is 8.83 Å². The van der Waals surface area contributed by atoms with E-state index >= 15 is 0 Å². The van der Waals surface area contributed by atoms with E-state index in [2.05, 4.69) is 277 Å². The third-order valence-corrected chi connectivity index (χ3v) is 22.3. The van der Waals surface area contributed by atoms with Gasteiger partial charge in [0.2, 0.25) is 13.4 Å². The van der Waals surface area contributed by atoms with Gasteiger partial charge >= 0.3 is 0 Å². The number of hydrogen-bond acceptors (Lipinski definition) is 4. The summed E-state index contributed by atoms with van der Waals surface area (Å²) in [6, 6.07) is 101. The van der Waals surface area contributed by atoms with Crippen molar-refractivity contribution in [3.05, 3.63) is 267 Å². The predicted molar refractivity (Wildman–Crippen MR) is 387 cm³/mol. The van der Waals surface area contributed by atoms with E-state index in [1.54, 1.807) is 0 Å². The molecule has 0 fully saturated rings. The van der Waals surface area contributed by atoms with Gasteiger partial charge in [0.1, 0.15) is 22.3 Å². The number of para-hydroxylation sites is 4. The van der Waals surface area contributed by atoms with E-state index in [1.807, 2.05) is 0 Å². The molecule has 0 spiro atoms. The molecule has 0 saturated carbocycles. The SMILES string of the molecule is c1cc2c3c(c1)-c1cc4c5ccc6c7c5c(cc4c4ccc5c(c14)B3c1c(ccc3cccc-2c13)N5c1ccc(-c2cccc3c2oc2ccccc23)cc1)-c1cccc2c1B7c1c(ccc3cccc-2c13)N6c1ccc(-c2cccc3c2oc2ccccc23)cc1. The number of anilines is 6. The second-order valence-electron chi connectivity index (χ2n) is 26.3. The molecule has 2 aromatic heterocycles. The van der Waals surface area contributed by atoms with Crippen LogP contribution in [0.2, 0.25) is 0 Å². The fraction of sp³-hybridized carbons (Fsp3) is 0. The van der Waals surface area contributed by atoms with Crippen LogP contribution < -0.4 is 42.6 Å². The van der Waals surface area contributed by atoms with Crippen molar-refractivity contribution >= 4 is 178 Å². The average Bonchev–Trinajstić information content (AvgIpc) is 0.800. The zero-order chi connectivity index (χ0) is 59.1. The average molecular weight is 1160 g/mol. The van der Waals surface area contributed by atoms with Crippen LogP contribution in [-0.4, -0.2) is 13.4 Å². The van der Waals surface area contributed by atoms with Crippen molar-refractivity contribution in [2.75, 3.05) is 9.80 Å². The monoisotopic (exact) mass is 1160 g/mol. The molecule has 18 aromatic rings. The highest BCUT2D eigenvalue weighted by molar-refractivity contribution is 7.05. The van der Waals surface area contributed by atoms with Gasteiger partial charge in [0.05, 0.1) is 0 Å². The second kappa shape index (κ2) is 16.3. The highest BCUT2D eigenvalue weighted by atomic mass is 16.3. The van der Waals surface area contributed by atoms with Crippen LogP contribution in [0.5, 0.6) is 0 Å². The van der Waals surface area contributed by atoms with Gasteiger partial charge in [-0.2, -0.15) is 0 Å². The van der Waals surface area contributed by atoms with E-state index in [1.165, 1.54) is 154 Å². The highest BCUT2D eigenvalue weighted by Crippen LogP contribution is 2.53. The van der Waals surface area contributed by atoms with E-state index in [9.17, 15) is 0 Å². The minimum atomic E-state index is 0.0448. The lowest BCUT2D eigenvalue weighted by atomic mass is 9.29. The summed E-state index contributed by atoms with van der Waals surface area (Å²) in [5.74, 6) is 0. The Kier molecular flexibility index (Phi) is 8.37. The predicted octanol–water partition coefficient (Wildman–Crippen LogP) is 19.1. The van der Waals surface area contributed by atoms with Crippen molar-refractivity contribution in [2.45, 2.75) is 0 Å². The summed E-state index contributed by atoms with van der Waals surface area (Å²) in [5.41, 5.74) is 34.4. The first-order chi connectivity index (χ1) is 45.7. The smallest absolute Gasteiger partial charge is 0.249 e. The molecule has 92 heavy (non-hydrogen) atoms. The number of nitrogens with zero attached hydrogens (tertiary/aromatic N) is 2. The topological polar surface area (TPSA) is 32.8 Å². The van der Waals surface area contributed by atoms with E-state index in [0.717, 1.165) is 77.5 Å². The van der Waals surface area contributed by atoms with Crippen molar-refractivity contribution < 1.29 is 8.83 Å². The van der Waals surface area contributed by atoms with Crippen molar-refractivity contribution in [1.82, 2.24) is 0 Å². The number of hydrogen-bond donors (Lipinski definition) is 0. The molecule has 6 aliphatic heterocycles. The summed E-state index contributed by atoms with van der Waals surface area (Å²) in [6.07, 6.45) is 0. The van der Waals surface area contributed by atoms with Gasteiger partial charge in [0.25, 0.3) is 0 Å². The molecule has 0 radical (unpaired) electrons. The van der Waals surface area contributed by atoms with E-state index < -0.39 is 0 Å². The largest absolute Gasteiger partial charge is 0.455 e. The first-order valence-electron chi connectivity index (χ1n) is 32.2. The Bertz CT molecular complexity index is 6190. The Balaban J connectivity index is 0.754. The number of benzene rings is 16. The van der Waals surface area contributed by atoms with Crippen LogP contribution in [0.1, 0.15) is 0 Å². The molecule has 24 rings (SSSR count). The third kappa shape index (κ3) is 5.53. The molecule has 16 aromatic carbocycles. The Morgan fingerprint density at radius 3 is 1.04 bits per heavy atom. The molecule has 416 valence electrons. The maximum Gasteiger partial charge on any atom is 0.249 e. The van der Waals surface area contributed by atoms with Gasteiger partial charge in [-0.15, -0.1) is 0 Å². The van der Waals surface area contributed by atoms with Crippen LogP contribution >= 0.6 is 0 Å². The Morgan fingerprint density at radius 1 is 0.228 bits per heavy atom.